The molecule has 3 amide bonds. The van der Waals surface area contributed by atoms with E-state index in [1.807, 2.05) is 6.92 Å². The van der Waals surface area contributed by atoms with E-state index in [4.69, 9.17) is 26.8 Å². The van der Waals surface area contributed by atoms with Crippen molar-refractivity contribution in [3.63, 3.8) is 0 Å². The highest BCUT2D eigenvalue weighted by atomic mass is 35.5. The molecule has 126 valence electrons. The van der Waals surface area contributed by atoms with Crippen LogP contribution in [0.25, 0.3) is 0 Å². The molecule has 1 atom stereocenters. The van der Waals surface area contributed by atoms with Crippen molar-refractivity contribution in [1.29, 1.82) is 0 Å². The average Bonchev–Trinajstić information content (AvgIpc) is 2.54. The highest BCUT2D eigenvalue weighted by molar-refractivity contribution is 6.32. The highest BCUT2D eigenvalue weighted by Crippen LogP contribution is 2.28. The van der Waals surface area contributed by atoms with Crippen LogP contribution in [-0.2, 0) is 9.53 Å². The predicted molar refractivity (Wildman–Crippen MR) is 86.8 cm³/mol. The van der Waals surface area contributed by atoms with E-state index < -0.39 is 12.0 Å². The minimum absolute atomic E-state index is 0.132. The monoisotopic (exact) mass is 341 g/mol. The van der Waals surface area contributed by atoms with Gasteiger partial charge in [-0.2, -0.15) is 0 Å². The van der Waals surface area contributed by atoms with Gasteiger partial charge in [-0.1, -0.05) is 18.5 Å². The molecule has 1 aromatic carbocycles. The predicted octanol–water partition coefficient (Wildman–Crippen LogP) is 1.85. The Hall–Kier alpha value is -1.99. The van der Waals surface area contributed by atoms with Crippen LogP contribution in [-0.4, -0.2) is 49.2 Å². The summed E-state index contributed by atoms with van der Waals surface area (Å²) in [5.41, 5.74) is 5.75. The van der Waals surface area contributed by atoms with Crippen LogP contribution in [0.15, 0.2) is 18.2 Å². The van der Waals surface area contributed by atoms with Gasteiger partial charge in [-0.05, 0) is 24.6 Å². The molecule has 2 rings (SSSR count). The van der Waals surface area contributed by atoms with Gasteiger partial charge in [0.15, 0.2) is 6.10 Å². The maximum absolute atomic E-state index is 12.2. The largest absolute Gasteiger partial charge is 0.492 e. The van der Waals surface area contributed by atoms with Crippen LogP contribution in [0.4, 0.5) is 10.5 Å². The van der Waals surface area contributed by atoms with Crippen LogP contribution in [0.2, 0.25) is 5.02 Å². The number of hydrogen-bond donors (Lipinski definition) is 2. The van der Waals surface area contributed by atoms with Crippen LogP contribution in [0.3, 0.4) is 0 Å². The van der Waals surface area contributed by atoms with Crippen molar-refractivity contribution in [3.05, 3.63) is 23.2 Å². The van der Waals surface area contributed by atoms with Crippen molar-refractivity contribution < 1.29 is 19.1 Å². The summed E-state index contributed by atoms with van der Waals surface area (Å²) in [4.78, 5) is 24.9. The van der Waals surface area contributed by atoms with Crippen LogP contribution >= 0.6 is 11.6 Å². The molecule has 1 aliphatic rings. The van der Waals surface area contributed by atoms with E-state index in [0.29, 0.717) is 29.6 Å². The Labute approximate surface area is 139 Å². The number of morpholine rings is 1. The topological polar surface area (TPSA) is 93.9 Å². The van der Waals surface area contributed by atoms with E-state index >= 15 is 0 Å². The standard InChI is InChI=1S/C15H20ClN3O4/c1-2-6-22-12-4-3-10(8-11(12)16)18-15(21)19-5-7-23-13(9-19)14(17)20/h3-4,8,13H,2,5-7,9H2,1H3,(H2,17,20)(H,18,21)/t13-/m0/s1. The van der Waals surface area contributed by atoms with Crippen molar-refractivity contribution in [1.82, 2.24) is 4.90 Å². The Bertz CT molecular complexity index is 582. The van der Waals surface area contributed by atoms with Crippen molar-refractivity contribution in [2.45, 2.75) is 19.4 Å². The summed E-state index contributed by atoms with van der Waals surface area (Å²) < 4.78 is 10.7. The smallest absolute Gasteiger partial charge is 0.322 e. The molecule has 1 saturated heterocycles. The van der Waals surface area contributed by atoms with Gasteiger partial charge >= 0.3 is 6.03 Å². The first-order valence-corrected chi connectivity index (χ1v) is 7.78. The van der Waals surface area contributed by atoms with Crippen LogP contribution in [0.5, 0.6) is 5.75 Å². The number of amides is 3. The number of ether oxygens (including phenoxy) is 2. The van der Waals surface area contributed by atoms with Crippen LogP contribution in [0.1, 0.15) is 13.3 Å². The molecule has 0 aromatic heterocycles. The number of nitrogens with one attached hydrogen (secondary N) is 1. The zero-order chi connectivity index (χ0) is 16.8. The third-order valence-electron chi connectivity index (χ3n) is 3.32. The molecule has 1 aromatic rings. The van der Waals surface area contributed by atoms with Crippen molar-refractivity contribution in [2.24, 2.45) is 5.73 Å². The maximum Gasteiger partial charge on any atom is 0.322 e. The summed E-state index contributed by atoms with van der Waals surface area (Å²) in [6.45, 7) is 3.37. The summed E-state index contributed by atoms with van der Waals surface area (Å²) in [5.74, 6) is -0.00495. The molecule has 3 N–H and O–H groups in total. The highest BCUT2D eigenvalue weighted by Gasteiger charge is 2.27. The number of benzene rings is 1. The first kappa shape index (κ1) is 17.4. The maximum atomic E-state index is 12.2. The first-order chi connectivity index (χ1) is 11.0. The molecule has 23 heavy (non-hydrogen) atoms. The van der Waals surface area contributed by atoms with E-state index in [9.17, 15) is 9.59 Å². The second-order valence-corrected chi connectivity index (χ2v) is 5.54. The molecule has 0 saturated carbocycles. The molecule has 1 heterocycles. The Balaban J connectivity index is 1.97. The molecule has 0 radical (unpaired) electrons. The average molecular weight is 342 g/mol. The van der Waals surface area contributed by atoms with Crippen molar-refractivity contribution in [3.8, 4) is 5.75 Å². The van der Waals surface area contributed by atoms with E-state index in [1.165, 1.54) is 4.90 Å². The molecular weight excluding hydrogens is 322 g/mol. The molecule has 7 nitrogen and oxygen atoms in total. The normalized spacial score (nSPS) is 17.7. The molecule has 1 fully saturated rings. The Morgan fingerprint density at radius 1 is 1.52 bits per heavy atom. The lowest BCUT2D eigenvalue weighted by Gasteiger charge is -2.31. The summed E-state index contributed by atoms with van der Waals surface area (Å²) in [6.07, 6.45) is 0.107. The number of nitrogens with two attached hydrogens (primary N) is 1. The number of rotatable bonds is 5. The lowest BCUT2D eigenvalue weighted by atomic mass is 10.2. The van der Waals surface area contributed by atoms with Gasteiger partial charge in [0.05, 0.1) is 24.8 Å². The molecular formula is C15H20ClN3O4. The third-order valence-corrected chi connectivity index (χ3v) is 3.61. The van der Waals surface area contributed by atoms with Gasteiger partial charge in [0.25, 0.3) is 0 Å². The van der Waals surface area contributed by atoms with Crippen molar-refractivity contribution >= 4 is 29.2 Å². The van der Waals surface area contributed by atoms with Crippen molar-refractivity contribution in [2.75, 3.05) is 31.6 Å². The fourth-order valence-corrected chi connectivity index (χ4v) is 2.35. The van der Waals surface area contributed by atoms with Gasteiger partial charge in [-0.25, -0.2) is 4.79 Å². The second-order valence-electron chi connectivity index (χ2n) is 5.13. The van der Waals surface area contributed by atoms with E-state index in [-0.39, 0.29) is 19.2 Å². The Morgan fingerprint density at radius 3 is 2.96 bits per heavy atom. The molecule has 0 aliphatic carbocycles. The van der Waals surface area contributed by atoms with E-state index in [2.05, 4.69) is 5.32 Å². The number of halogens is 1. The summed E-state index contributed by atoms with van der Waals surface area (Å²) in [7, 11) is 0. The summed E-state index contributed by atoms with van der Waals surface area (Å²) in [6, 6.07) is 4.70. The number of primary amides is 1. The van der Waals surface area contributed by atoms with Crippen LogP contribution < -0.4 is 15.8 Å². The molecule has 0 unspecified atom stereocenters. The molecule has 1 aliphatic heterocycles. The Kier molecular flexibility index (Phi) is 6.06. The van der Waals surface area contributed by atoms with Gasteiger partial charge in [0, 0.05) is 12.2 Å². The van der Waals surface area contributed by atoms with Crippen LogP contribution in [0, 0.1) is 0 Å². The van der Waals surface area contributed by atoms with Gasteiger partial charge in [-0.15, -0.1) is 0 Å². The fraction of sp³-hybridized carbons (Fsp3) is 0.467. The number of carbonyl (C=O) groups excluding carboxylic acids is 2. The lowest BCUT2D eigenvalue weighted by molar-refractivity contribution is -0.133. The van der Waals surface area contributed by atoms with Gasteiger partial charge in [0.2, 0.25) is 5.91 Å². The van der Waals surface area contributed by atoms with Gasteiger partial charge in [0.1, 0.15) is 5.75 Å². The SMILES string of the molecule is CCCOc1ccc(NC(=O)N2CCO[C@H](C(N)=O)C2)cc1Cl. The number of urea groups is 1. The quantitative estimate of drug-likeness (QED) is 0.854. The minimum atomic E-state index is -0.775. The summed E-state index contributed by atoms with van der Waals surface area (Å²) >= 11 is 6.13. The minimum Gasteiger partial charge on any atom is -0.492 e. The lowest BCUT2D eigenvalue weighted by Crippen LogP contribution is -2.51. The first-order valence-electron chi connectivity index (χ1n) is 7.40. The van der Waals surface area contributed by atoms with E-state index in [1.54, 1.807) is 18.2 Å². The molecule has 8 heteroatoms. The van der Waals surface area contributed by atoms with E-state index in [0.717, 1.165) is 6.42 Å². The third kappa shape index (κ3) is 4.74. The van der Waals surface area contributed by atoms with Gasteiger partial charge < -0.3 is 25.4 Å². The molecule has 0 spiro atoms. The number of anilines is 1. The summed E-state index contributed by atoms with van der Waals surface area (Å²) in [5, 5.41) is 3.16. The molecule has 0 bridgehead atoms. The fourth-order valence-electron chi connectivity index (χ4n) is 2.12. The Morgan fingerprint density at radius 2 is 2.30 bits per heavy atom. The zero-order valence-electron chi connectivity index (χ0n) is 12.9. The second kappa shape index (κ2) is 8.03. The number of carbonyl (C=O) groups is 2. The van der Waals surface area contributed by atoms with Gasteiger partial charge in [-0.3, -0.25) is 4.79 Å². The number of nitrogens with zero attached hydrogens (tertiary/aromatic N) is 1. The zero-order valence-corrected chi connectivity index (χ0v) is 13.6. The number of hydrogen-bond acceptors (Lipinski definition) is 4.